The van der Waals surface area contributed by atoms with E-state index in [0.717, 1.165) is 11.8 Å². The van der Waals surface area contributed by atoms with E-state index in [-0.39, 0.29) is 0 Å². The van der Waals surface area contributed by atoms with Crippen LogP contribution in [0.4, 0.5) is 0 Å². The maximum Gasteiger partial charge on any atom is 0.0676 e. The van der Waals surface area contributed by atoms with Gasteiger partial charge in [0, 0.05) is 0 Å². The molecule has 3 atom stereocenters. The Morgan fingerprint density at radius 1 is 1.43 bits per heavy atom. The van der Waals surface area contributed by atoms with Crippen LogP contribution in [0.1, 0.15) is 40.5 Å². The molecule has 1 saturated carbocycles. The summed E-state index contributed by atoms with van der Waals surface area (Å²) in [5.74, 6) is 3.09. The van der Waals surface area contributed by atoms with E-state index in [4.69, 9.17) is 0 Å². The lowest BCUT2D eigenvalue weighted by Crippen LogP contribution is -2.50. The molecule has 1 heterocycles. The number of rotatable bonds is 2. The van der Waals surface area contributed by atoms with Crippen molar-refractivity contribution in [2.75, 3.05) is 12.3 Å². The van der Waals surface area contributed by atoms with Gasteiger partial charge in [-0.1, -0.05) is 27.7 Å². The monoisotopic (exact) mass is 213 g/mol. The van der Waals surface area contributed by atoms with Gasteiger partial charge in [-0.2, -0.15) is 0 Å². The molecule has 1 nitrogen and oxygen atoms in total. The molecule has 3 unspecified atom stereocenters. The van der Waals surface area contributed by atoms with E-state index >= 15 is 0 Å². The Kier molecular flexibility index (Phi) is 2.64. The number of hydrogen-bond acceptors (Lipinski definition) is 2. The number of nitrogens with one attached hydrogen (secondary N) is 1. The molecule has 2 aliphatic rings. The molecule has 0 spiro atoms. The minimum absolute atomic E-state index is 0.413. The number of thioether (sulfide) groups is 1. The Balaban J connectivity index is 2.04. The molecule has 14 heavy (non-hydrogen) atoms. The zero-order chi connectivity index (χ0) is 10.4. The van der Waals surface area contributed by atoms with Crippen molar-refractivity contribution in [2.24, 2.45) is 17.3 Å². The molecule has 82 valence electrons. The summed E-state index contributed by atoms with van der Waals surface area (Å²) in [6.07, 6.45) is 2.69. The van der Waals surface area contributed by atoms with Crippen molar-refractivity contribution in [3.63, 3.8) is 0 Å². The predicted octanol–water partition coefficient (Wildman–Crippen LogP) is 3.11. The predicted molar refractivity (Wildman–Crippen MR) is 64.5 cm³/mol. The molecule has 0 aromatic rings. The van der Waals surface area contributed by atoms with Gasteiger partial charge in [0.15, 0.2) is 0 Å². The molecule has 1 saturated heterocycles. The van der Waals surface area contributed by atoms with Crippen LogP contribution in [-0.2, 0) is 0 Å². The summed E-state index contributed by atoms with van der Waals surface area (Å²) < 4.78 is 0. The van der Waals surface area contributed by atoms with Crippen molar-refractivity contribution in [1.29, 1.82) is 0 Å². The van der Waals surface area contributed by atoms with Crippen molar-refractivity contribution in [3.05, 3.63) is 0 Å². The largest absolute Gasteiger partial charge is 0.302 e. The van der Waals surface area contributed by atoms with E-state index in [1.54, 1.807) is 0 Å². The maximum atomic E-state index is 3.81. The molecule has 0 bridgehead atoms. The van der Waals surface area contributed by atoms with Gasteiger partial charge in [-0.05, 0) is 42.4 Å². The molecular formula is C12H23NS. The SMILES string of the molecule is CCC1(C2CC2(C)C)NCC(C)CS1. The van der Waals surface area contributed by atoms with Crippen LogP contribution in [0, 0.1) is 17.3 Å². The molecule has 0 radical (unpaired) electrons. The average Bonchev–Trinajstić information content (AvgIpc) is 2.78. The zero-order valence-corrected chi connectivity index (χ0v) is 10.7. The summed E-state index contributed by atoms with van der Waals surface area (Å²) in [4.78, 5) is 0.413. The van der Waals surface area contributed by atoms with Crippen LogP contribution in [0.2, 0.25) is 0 Å². The van der Waals surface area contributed by atoms with Gasteiger partial charge in [0.25, 0.3) is 0 Å². The van der Waals surface area contributed by atoms with E-state index in [2.05, 4.69) is 44.8 Å². The van der Waals surface area contributed by atoms with Crippen LogP contribution in [-0.4, -0.2) is 17.2 Å². The first-order chi connectivity index (χ1) is 6.50. The highest BCUT2D eigenvalue weighted by molar-refractivity contribution is 8.00. The van der Waals surface area contributed by atoms with Gasteiger partial charge < -0.3 is 5.32 Å². The van der Waals surface area contributed by atoms with Crippen LogP contribution < -0.4 is 5.32 Å². The van der Waals surface area contributed by atoms with Crippen molar-refractivity contribution >= 4 is 11.8 Å². The Bertz CT molecular complexity index is 216. The Morgan fingerprint density at radius 2 is 2.07 bits per heavy atom. The Labute approximate surface area is 92.4 Å². The zero-order valence-electron chi connectivity index (χ0n) is 9.89. The normalized spacial score (nSPS) is 46.3. The third kappa shape index (κ3) is 1.71. The van der Waals surface area contributed by atoms with E-state index in [9.17, 15) is 0 Å². The van der Waals surface area contributed by atoms with E-state index < -0.39 is 0 Å². The lowest BCUT2D eigenvalue weighted by Gasteiger charge is -2.41. The highest BCUT2D eigenvalue weighted by Gasteiger charge is 2.58. The van der Waals surface area contributed by atoms with Gasteiger partial charge in [-0.3, -0.25) is 0 Å². The minimum Gasteiger partial charge on any atom is -0.302 e. The number of hydrogen-bond donors (Lipinski definition) is 1. The molecule has 0 aromatic heterocycles. The van der Waals surface area contributed by atoms with Crippen molar-refractivity contribution < 1.29 is 0 Å². The maximum absolute atomic E-state index is 3.81. The van der Waals surface area contributed by atoms with Crippen LogP contribution in [0.3, 0.4) is 0 Å². The average molecular weight is 213 g/mol. The second kappa shape index (κ2) is 3.41. The third-order valence-corrected chi connectivity index (χ3v) is 5.95. The lowest BCUT2D eigenvalue weighted by molar-refractivity contribution is 0.327. The summed E-state index contributed by atoms with van der Waals surface area (Å²) in [5, 5.41) is 3.81. The highest BCUT2D eigenvalue weighted by Crippen LogP contribution is 2.61. The molecule has 2 heteroatoms. The third-order valence-electron chi connectivity index (χ3n) is 3.98. The molecule has 2 rings (SSSR count). The van der Waals surface area contributed by atoms with Crippen LogP contribution >= 0.6 is 11.8 Å². The summed E-state index contributed by atoms with van der Waals surface area (Å²) in [6.45, 7) is 10.7. The first-order valence-electron chi connectivity index (χ1n) is 5.89. The van der Waals surface area contributed by atoms with Crippen LogP contribution in [0.5, 0.6) is 0 Å². The van der Waals surface area contributed by atoms with E-state index in [0.29, 0.717) is 10.3 Å². The van der Waals surface area contributed by atoms with Gasteiger partial charge in [0.2, 0.25) is 0 Å². The van der Waals surface area contributed by atoms with Gasteiger partial charge in [0.1, 0.15) is 0 Å². The van der Waals surface area contributed by atoms with Gasteiger partial charge in [-0.25, -0.2) is 0 Å². The first-order valence-corrected chi connectivity index (χ1v) is 6.88. The fraction of sp³-hybridized carbons (Fsp3) is 1.00. The van der Waals surface area contributed by atoms with Gasteiger partial charge in [-0.15, -0.1) is 11.8 Å². The van der Waals surface area contributed by atoms with Gasteiger partial charge >= 0.3 is 0 Å². The van der Waals surface area contributed by atoms with Crippen molar-refractivity contribution in [2.45, 2.75) is 45.4 Å². The molecular weight excluding hydrogens is 190 g/mol. The van der Waals surface area contributed by atoms with Crippen LogP contribution in [0.15, 0.2) is 0 Å². The molecule has 1 aliphatic carbocycles. The molecule has 1 N–H and O–H groups in total. The summed E-state index contributed by atoms with van der Waals surface area (Å²) >= 11 is 2.18. The topological polar surface area (TPSA) is 12.0 Å². The molecule has 1 aliphatic heterocycles. The quantitative estimate of drug-likeness (QED) is 0.756. The molecule has 0 amide bonds. The summed E-state index contributed by atoms with van der Waals surface area (Å²) in [5.41, 5.74) is 0.594. The highest BCUT2D eigenvalue weighted by atomic mass is 32.2. The van der Waals surface area contributed by atoms with E-state index in [1.165, 1.54) is 25.1 Å². The van der Waals surface area contributed by atoms with E-state index in [1.807, 2.05) is 0 Å². The Hall–Kier alpha value is 0.310. The lowest BCUT2D eigenvalue weighted by atomic mass is 10.00. The standard InChI is InChI=1S/C12H23NS/c1-5-12(10-6-11(10,3)4)13-7-9(2)8-14-12/h9-10,13H,5-8H2,1-4H3. The fourth-order valence-electron chi connectivity index (χ4n) is 2.71. The minimum atomic E-state index is 0.413. The summed E-state index contributed by atoms with van der Waals surface area (Å²) in [7, 11) is 0. The Morgan fingerprint density at radius 3 is 2.43 bits per heavy atom. The second-order valence-corrected chi connectivity index (χ2v) is 7.14. The van der Waals surface area contributed by atoms with Crippen molar-refractivity contribution in [3.8, 4) is 0 Å². The fourth-order valence-corrected chi connectivity index (χ4v) is 4.40. The molecule has 0 aromatic carbocycles. The molecule has 2 fully saturated rings. The van der Waals surface area contributed by atoms with Crippen molar-refractivity contribution in [1.82, 2.24) is 5.32 Å². The summed E-state index contributed by atoms with van der Waals surface area (Å²) in [6, 6.07) is 0. The second-order valence-electron chi connectivity index (χ2n) is 5.79. The van der Waals surface area contributed by atoms with Gasteiger partial charge in [0.05, 0.1) is 4.87 Å². The first kappa shape index (κ1) is 10.8. The smallest absolute Gasteiger partial charge is 0.0676 e. The van der Waals surface area contributed by atoms with Crippen LogP contribution in [0.25, 0.3) is 0 Å².